The first kappa shape index (κ1) is 25.7. The van der Waals surface area contributed by atoms with E-state index >= 15 is 0 Å². The third-order valence-electron chi connectivity index (χ3n) is 6.59. The van der Waals surface area contributed by atoms with Crippen LogP contribution in [0, 0.1) is 0 Å². The largest absolute Gasteiger partial charge is 0.466 e. The molecular formula is C32H30N4O3. The summed E-state index contributed by atoms with van der Waals surface area (Å²) in [4.78, 5) is 29.1. The van der Waals surface area contributed by atoms with Crippen molar-refractivity contribution in [3.05, 3.63) is 109 Å². The van der Waals surface area contributed by atoms with Crippen molar-refractivity contribution in [2.24, 2.45) is 0 Å². The van der Waals surface area contributed by atoms with Gasteiger partial charge in [-0.15, -0.1) is 0 Å². The molecule has 0 radical (unpaired) electrons. The normalized spacial score (nSPS) is 11.6. The summed E-state index contributed by atoms with van der Waals surface area (Å²) in [5.74, 6) is -0.0987. The van der Waals surface area contributed by atoms with Gasteiger partial charge >= 0.3 is 5.97 Å². The van der Waals surface area contributed by atoms with Gasteiger partial charge in [0.15, 0.2) is 0 Å². The second-order valence-electron chi connectivity index (χ2n) is 9.19. The van der Waals surface area contributed by atoms with Crippen LogP contribution in [-0.2, 0) is 14.3 Å². The van der Waals surface area contributed by atoms with Crippen LogP contribution in [0.5, 0.6) is 0 Å². The van der Waals surface area contributed by atoms with Gasteiger partial charge in [-0.3, -0.25) is 9.59 Å². The zero-order chi connectivity index (χ0) is 27.2. The molecule has 2 N–H and O–H groups in total. The van der Waals surface area contributed by atoms with Crippen molar-refractivity contribution in [3.63, 3.8) is 0 Å². The summed E-state index contributed by atoms with van der Waals surface area (Å²) >= 11 is 0. The Balaban J connectivity index is 1.40. The predicted octanol–water partition coefficient (Wildman–Crippen LogP) is 6.95. The Labute approximate surface area is 227 Å². The topological polar surface area (TPSA) is 85.2 Å². The van der Waals surface area contributed by atoms with Crippen LogP contribution in [0.4, 0.5) is 17.1 Å². The average molecular weight is 519 g/mol. The molecule has 1 atom stereocenters. The summed E-state index contributed by atoms with van der Waals surface area (Å²) in [5, 5.41) is 8.19. The van der Waals surface area contributed by atoms with Crippen LogP contribution in [0.15, 0.2) is 103 Å². The standard InChI is InChI=1S/C32H30N4O3/c1-3-39-30(38)21-29(37)35-31-27-12-8-7-11-24(27)15-18-28(31)34-26-16-13-25(14-17-26)32-33-19-20-36(32)22(2)23-9-5-4-6-10-23/h4-20,22,34H,3,21H2,1-2H3,(H,35,37). The Morgan fingerprint density at radius 2 is 1.67 bits per heavy atom. The van der Waals surface area contributed by atoms with E-state index < -0.39 is 11.9 Å². The Morgan fingerprint density at radius 1 is 0.923 bits per heavy atom. The molecule has 0 aliphatic rings. The monoisotopic (exact) mass is 518 g/mol. The van der Waals surface area contributed by atoms with Crippen LogP contribution in [0.2, 0.25) is 0 Å². The number of hydrogen-bond acceptors (Lipinski definition) is 5. The molecule has 1 aromatic heterocycles. The third-order valence-corrected chi connectivity index (χ3v) is 6.59. The van der Waals surface area contributed by atoms with Crippen LogP contribution in [-0.4, -0.2) is 28.0 Å². The second-order valence-corrected chi connectivity index (χ2v) is 9.19. The predicted molar refractivity (Wildman–Crippen MR) is 155 cm³/mol. The molecule has 0 spiro atoms. The number of fused-ring (bicyclic) bond motifs is 1. The van der Waals surface area contributed by atoms with Crippen molar-refractivity contribution in [1.29, 1.82) is 0 Å². The SMILES string of the molecule is CCOC(=O)CC(=O)Nc1c(Nc2ccc(-c3nccn3C(C)c3ccccc3)cc2)ccc2ccccc12. The molecule has 1 heterocycles. The zero-order valence-electron chi connectivity index (χ0n) is 21.9. The molecular weight excluding hydrogens is 488 g/mol. The Hall–Kier alpha value is -4.91. The van der Waals surface area contributed by atoms with Gasteiger partial charge in [-0.1, -0.05) is 60.7 Å². The lowest BCUT2D eigenvalue weighted by molar-refractivity contribution is -0.145. The number of imidazole rings is 1. The highest BCUT2D eigenvalue weighted by Crippen LogP contribution is 2.34. The summed E-state index contributed by atoms with van der Waals surface area (Å²) in [5.41, 5.74) is 4.39. The molecule has 7 nitrogen and oxygen atoms in total. The number of aromatic nitrogens is 2. The average Bonchev–Trinajstić information content (AvgIpc) is 3.45. The lowest BCUT2D eigenvalue weighted by atomic mass is 10.1. The number of nitrogens with zero attached hydrogens (tertiary/aromatic N) is 2. The van der Waals surface area contributed by atoms with Crippen LogP contribution < -0.4 is 10.6 Å². The fourth-order valence-electron chi connectivity index (χ4n) is 4.64. The summed E-state index contributed by atoms with van der Waals surface area (Å²) in [6, 6.07) is 30.2. The van der Waals surface area contributed by atoms with E-state index in [4.69, 9.17) is 4.74 Å². The van der Waals surface area contributed by atoms with Crippen molar-refractivity contribution in [2.75, 3.05) is 17.2 Å². The van der Waals surface area contributed by atoms with Crippen LogP contribution in [0.3, 0.4) is 0 Å². The zero-order valence-corrected chi connectivity index (χ0v) is 21.9. The molecule has 1 unspecified atom stereocenters. The van der Waals surface area contributed by atoms with Gasteiger partial charge in [0.25, 0.3) is 0 Å². The first-order valence-electron chi connectivity index (χ1n) is 13.0. The van der Waals surface area contributed by atoms with E-state index in [0.717, 1.165) is 33.5 Å². The minimum Gasteiger partial charge on any atom is -0.466 e. The maximum atomic E-state index is 12.7. The number of anilines is 3. The fraction of sp³-hybridized carbons (Fsp3) is 0.156. The quantitative estimate of drug-likeness (QED) is 0.163. The summed E-state index contributed by atoms with van der Waals surface area (Å²) in [7, 11) is 0. The van der Waals surface area contributed by atoms with Gasteiger partial charge in [-0.2, -0.15) is 0 Å². The minimum atomic E-state index is -0.555. The minimum absolute atomic E-state index is 0.139. The van der Waals surface area contributed by atoms with E-state index in [1.165, 1.54) is 5.56 Å². The van der Waals surface area contributed by atoms with Gasteiger partial charge in [0.05, 0.1) is 24.0 Å². The van der Waals surface area contributed by atoms with Gasteiger partial charge in [0.1, 0.15) is 12.2 Å². The first-order chi connectivity index (χ1) is 19.0. The van der Waals surface area contributed by atoms with Crippen LogP contribution >= 0.6 is 0 Å². The number of benzene rings is 4. The lowest BCUT2D eigenvalue weighted by Crippen LogP contribution is -2.19. The number of carbonyl (C=O) groups is 2. The molecule has 0 saturated carbocycles. The lowest BCUT2D eigenvalue weighted by Gasteiger charge is -2.18. The van der Waals surface area contributed by atoms with Gasteiger partial charge in [-0.25, -0.2) is 4.98 Å². The van der Waals surface area contributed by atoms with Crippen molar-refractivity contribution in [2.45, 2.75) is 26.3 Å². The van der Waals surface area contributed by atoms with E-state index in [1.54, 1.807) is 6.92 Å². The smallest absolute Gasteiger partial charge is 0.315 e. The van der Waals surface area contributed by atoms with Crippen molar-refractivity contribution in [3.8, 4) is 11.4 Å². The van der Waals surface area contributed by atoms with Crippen molar-refractivity contribution < 1.29 is 14.3 Å². The fourth-order valence-corrected chi connectivity index (χ4v) is 4.64. The van der Waals surface area contributed by atoms with Crippen LogP contribution in [0.25, 0.3) is 22.2 Å². The number of hydrogen-bond donors (Lipinski definition) is 2. The number of amides is 1. The molecule has 5 aromatic rings. The molecule has 7 heteroatoms. The highest BCUT2D eigenvalue weighted by atomic mass is 16.5. The van der Waals surface area contributed by atoms with E-state index in [0.29, 0.717) is 5.69 Å². The maximum absolute atomic E-state index is 12.7. The van der Waals surface area contributed by atoms with E-state index in [9.17, 15) is 9.59 Å². The Bertz CT molecular complexity index is 1590. The molecule has 0 saturated heterocycles. The molecule has 0 aliphatic heterocycles. The second kappa shape index (κ2) is 11.6. The maximum Gasteiger partial charge on any atom is 0.315 e. The van der Waals surface area contributed by atoms with E-state index in [-0.39, 0.29) is 19.1 Å². The van der Waals surface area contributed by atoms with Crippen molar-refractivity contribution in [1.82, 2.24) is 9.55 Å². The molecule has 0 aliphatic carbocycles. The van der Waals surface area contributed by atoms with Crippen molar-refractivity contribution >= 4 is 39.7 Å². The summed E-state index contributed by atoms with van der Waals surface area (Å²) in [6.07, 6.45) is 3.47. The molecule has 196 valence electrons. The van der Waals surface area contributed by atoms with E-state index in [2.05, 4.69) is 39.2 Å². The van der Waals surface area contributed by atoms with Crippen LogP contribution in [0.1, 0.15) is 31.9 Å². The Morgan fingerprint density at radius 3 is 2.44 bits per heavy atom. The molecule has 0 fully saturated rings. The molecule has 5 rings (SSSR count). The first-order valence-corrected chi connectivity index (χ1v) is 13.0. The summed E-state index contributed by atoms with van der Waals surface area (Å²) < 4.78 is 7.10. The number of esters is 1. The van der Waals surface area contributed by atoms with E-state index in [1.807, 2.05) is 91.3 Å². The number of nitrogens with one attached hydrogen (secondary N) is 2. The molecule has 1 amide bonds. The van der Waals surface area contributed by atoms with Gasteiger partial charge in [0, 0.05) is 29.0 Å². The highest BCUT2D eigenvalue weighted by Gasteiger charge is 2.16. The number of ether oxygens (including phenoxy) is 1. The number of carbonyl (C=O) groups excluding carboxylic acids is 2. The third kappa shape index (κ3) is 5.83. The molecule has 39 heavy (non-hydrogen) atoms. The van der Waals surface area contributed by atoms with Gasteiger partial charge in [0.2, 0.25) is 5.91 Å². The van der Waals surface area contributed by atoms with Gasteiger partial charge < -0.3 is 19.9 Å². The molecule has 0 bridgehead atoms. The van der Waals surface area contributed by atoms with Gasteiger partial charge in [-0.05, 0) is 55.1 Å². The molecule has 4 aromatic carbocycles. The summed E-state index contributed by atoms with van der Waals surface area (Å²) in [6.45, 7) is 4.10. The Kier molecular flexibility index (Phi) is 7.68. The highest BCUT2D eigenvalue weighted by molar-refractivity contribution is 6.10. The number of rotatable bonds is 9.